The Hall–Kier alpha value is 0.137. The Bertz CT molecular complexity index is 75.1. The quantitative estimate of drug-likeness (QED) is 0.459. The van der Waals surface area contributed by atoms with Crippen molar-refractivity contribution in [3.05, 3.63) is 0 Å². The fraction of sp³-hybridized carbons (Fsp3) is 1.00. The Balaban J connectivity index is 0.000000640. The summed E-state index contributed by atoms with van der Waals surface area (Å²) in [6, 6.07) is 0. The van der Waals surface area contributed by atoms with Gasteiger partial charge in [-0.3, -0.25) is 0 Å². The summed E-state index contributed by atoms with van der Waals surface area (Å²) in [5.74, 6) is 0. The molecule has 52 valence electrons. The molecule has 9 heavy (non-hydrogen) atoms. The van der Waals surface area contributed by atoms with Gasteiger partial charge in [0.15, 0.2) is 0 Å². The van der Waals surface area contributed by atoms with Gasteiger partial charge in [-0.1, -0.05) is 0 Å². The second kappa shape index (κ2) is 3.34. The fourth-order valence-electron chi connectivity index (χ4n) is 0.737. The summed E-state index contributed by atoms with van der Waals surface area (Å²) in [5.41, 5.74) is -0.0434. The highest BCUT2D eigenvalue weighted by Gasteiger charge is 2.21. The molecule has 1 aliphatic rings. The standard InChI is InChI=1S/C6H12O2.Si/c1-6(2)5-7-3-4-8-6;/h3-5H2,1-2H3;. The molecule has 0 unspecified atom stereocenters. The van der Waals surface area contributed by atoms with Crippen molar-refractivity contribution in [2.45, 2.75) is 19.4 Å². The third-order valence-corrected chi connectivity index (χ3v) is 1.17. The molecule has 3 heteroatoms. The third kappa shape index (κ3) is 2.98. The molecule has 0 atom stereocenters. The van der Waals surface area contributed by atoms with Crippen molar-refractivity contribution in [3.8, 4) is 0 Å². The van der Waals surface area contributed by atoms with Crippen LogP contribution in [0.1, 0.15) is 13.8 Å². The van der Waals surface area contributed by atoms with Crippen molar-refractivity contribution in [2.75, 3.05) is 19.8 Å². The monoisotopic (exact) mass is 144 g/mol. The van der Waals surface area contributed by atoms with Crippen LogP contribution in [0.3, 0.4) is 0 Å². The van der Waals surface area contributed by atoms with Crippen LogP contribution in [0.5, 0.6) is 0 Å². The molecule has 4 radical (unpaired) electrons. The molecule has 0 aromatic carbocycles. The van der Waals surface area contributed by atoms with E-state index in [1.807, 2.05) is 13.8 Å². The minimum atomic E-state index is -0.0434. The molecule has 1 saturated heterocycles. The molecule has 0 spiro atoms. The van der Waals surface area contributed by atoms with Gasteiger partial charge in [0.25, 0.3) is 0 Å². The SMILES string of the molecule is CC1(C)COCCO1.[Si]. The molecular weight excluding hydrogens is 132 g/mol. The normalized spacial score (nSPS) is 24.7. The number of rotatable bonds is 0. The zero-order chi connectivity index (χ0) is 6.04. The Labute approximate surface area is 60.6 Å². The highest BCUT2D eigenvalue weighted by molar-refractivity contribution is 5.75. The van der Waals surface area contributed by atoms with Gasteiger partial charge in [0, 0.05) is 11.0 Å². The topological polar surface area (TPSA) is 18.5 Å². The molecule has 0 bridgehead atoms. The zero-order valence-electron chi connectivity index (χ0n) is 5.94. The van der Waals surface area contributed by atoms with E-state index in [0.717, 1.165) is 19.8 Å². The second-order valence-electron chi connectivity index (χ2n) is 2.66. The van der Waals surface area contributed by atoms with E-state index >= 15 is 0 Å². The Morgan fingerprint density at radius 1 is 1.22 bits per heavy atom. The summed E-state index contributed by atoms with van der Waals surface area (Å²) in [5, 5.41) is 0. The van der Waals surface area contributed by atoms with E-state index < -0.39 is 0 Å². The van der Waals surface area contributed by atoms with Crippen molar-refractivity contribution in [1.82, 2.24) is 0 Å². The van der Waals surface area contributed by atoms with Crippen LogP contribution in [-0.4, -0.2) is 36.4 Å². The lowest BCUT2D eigenvalue weighted by Gasteiger charge is -2.29. The van der Waals surface area contributed by atoms with E-state index in [1.54, 1.807) is 0 Å². The summed E-state index contributed by atoms with van der Waals surface area (Å²) in [6.07, 6.45) is 0. The number of hydrogen-bond acceptors (Lipinski definition) is 2. The van der Waals surface area contributed by atoms with Gasteiger partial charge in [-0.15, -0.1) is 0 Å². The fourth-order valence-corrected chi connectivity index (χ4v) is 0.737. The number of hydrogen-bond donors (Lipinski definition) is 0. The first-order valence-electron chi connectivity index (χ1n) is 2.92. The summed E-state index contributed by atoms with van der Waals surface area (Å²) < 4.78 is 10.5. The predicted octanol–water partition coefficient (Wildman–Crippen LogP) is 0.431. The van der Waals surface area contributed by atoms with Crippen molar-refractivity contribution >= 4 is 11.0 Å². The maximum Gasteiger partial charge on any atom is 0.0860 e. The minimum absolute atomic E-state index is 0. The van der Waals surface area contributed by atoms with Gasteiger partial charge in [-0.05, 0) is 13.8 Å². The average molecular weight is 144 g/mol. The van der Waals surface area contributed by atoms with Crippen molar-refractivity contribution in [3.63, 3.8) is 0 Å². The Morgan fingerprint density at radius 3 is 2.11 bits per heavy atom. The molecule has 1 fully saturated rings. The van der Waals surface area contributed by atoms with Crippen molar-refractivity contribution < 1.29 is 9.47 Å². The molecular formula is C6H12O2Si. The largest absolute Gasteiger partial charge is 0.376 e. The molecule has 0 aliphatic carbocycles. The van der Waals surface area contributed by atoms with Crippen LogP contribution in [0.15, 0.2) is 0 Å². The Kier molecular flexibility index (Phi) is 3.39. The van der Waals surface area contributed by atoms with Gasteiger partial charge >= 0.3 is 0 Å². The van der Waals surface area contributed by atoms with E-state index in [0.29, 0.717) is 0 Å². The van der Waals surface area contributed by atoms with E-state index in [9.17, 15) is 0 Å². The second-order valence-corrected chi connectivity index (χ2v) is 2.66. The van der Waals surface area contributed by atoms with Crippen LogP contribution in [-0.2, 0) is 9.47 Å². The van der Waals surface area contributed by atoms with Crippen molar-refractivity contribution in [1.29, 1.82) is 0 Å². The first kappa shape index (κ1) is 9.14. The van der Waals surface area contributed by atoms with E-state index in [2.05, 4.69) is 0 Å². The third-order valence-electron chi connectivity index (χ3n) is 1.17. The molecule has 1 heterocycles. The summed E-state index contributed by atoms with van der Waals surface area (Å²) in [6.45, 7) is 6.29. The molecule has 2 nitrogen and oxygen atoms in total. The molecule has 0 aromatic heterocycles. The Morgan fingerprint density at radius 2 is 1.89 bits per heavy atom. The maximum absolute atomic E-state index is 5.34. The average Bonchev–Trinajstić information content (AvgIpc) is 1.65. The highest BCUT2D eigenvalue weighted by Crippen LogP contribution is 2.12. The smallest absolute Gasteiger partial charge is 0.0860 e. The lowest BCUT2D eigenvalue weighted by atomic mass is 10.1. The number of ether oxygens (including phenoxy) is 2. The summed E-state index contributed by atoms with van der Waals surface area (Å²) in [4.78, 5) is 0. The van der Waals surface area contributed by atoms with Gasteiger partial charge in [-0.2, -0.15) is 0 Å². The summed E-state index contributed by atoms with van der Waals surface area (Å²) in [7, 11) is 0. The molecule has 0 saturated carbocycles. The van der Waals surface area contributed by atoms with Gasteiger partial charge in [-0.25, -0.2) is 0 Å². The van der Waals surface area contributed by atoms with E-state index in [1.165, 1.54) is 0 Å². The highest BCUT2D eigenvalue weighted by atomic mass is 28.1. The first-order chi connectivity index (χ1) is 3.71. The first-order valence-corrected chi connectivity index (χ1v) is 2.92. The molecule has 0 N–H and O–H groups in total. The van der Waals surface area contributed by atoms with Crippen molar-refractivity contribution in [2.24, 2.45) is 0 Å². The lowest BCUT2D eigenvalue weighted by molar-refractivity contribution is -0.137. The molecule has 1 rings (SSSR count). The minimum Gasteiger partial charge on any atom is -0.376 e. The van der Waals surface area contributed by atoms with Crippen LogP contribution in [0.2, 0.25) is 0 Å². The van der Waals surface area contributed by atoms with Crippen LogP contribution in [0, 0.1) is 0 Å². The lowest BCUT2D eigenvalue weighted by Crippen LogP contribution is -2.37. The van der Waals surface area contributed by atoms with Crippen LogP contribution >= 0.6 is 0 Å². The molecule has 0 amide bonds. The van der Waals surface area contributed by atoms with Crippen LogP contribution in [0.25, 0.3) is 0 Å². The summed E-state index contributed by atoms with van der Waals surface area (Å²) >= 11 is 0. The molecule has 1 aliphatic heterocycles. The van der Waals surface area contributed by atoms with Crippen LogP contribution in [0.4, 0.5) is 0 Å². The van der Waals surface area contributed by atoms with Gasteiger partial charge < -0.3 is 9.47 Å². The van der Waals surface area contributed by atoms with Gasteiger partial charge in [0.05, 0.1) is 25.4 Å². The molecule has 0 aromatic rings. The maximum atomic E-state index is 5.34. The van der Waals surface area contributed by atoms with E-state index in [-0.39, 0.29) is 16.6 Å². The van der Waals surface area contributed by atoms with Crippen LogP contribution < -0.4 is 0 Å². The van der Waals surface area contributed by atoms with Gasteiger partial charge in [0.1, 0.15) is 0 Å². The zero-order valence-corrected chi connectivity index (χ0v) is 6.94. The van der Waals surface area contributed by atoms with Gasteiger partial charge in [0.2, 0.25) is 0 Å². The predicted molar refractivity (Wildman–Crippen MR) is 36.6 cm³/mol. The van der Waals surface area contributed by atoms with E-state index in [4.69, 9.17) is 9.47 Å².